The molecule has 0 bridgehead atoms. The first-order valence-electron chi connectivity index (χ1n) is 9.08. The third-order valence-corrected chi connectivity index (χ3v) is 5.56. The number of anilines is 1. The summed E-state index contributed by atoms with van der Waals surface area (Å²) in [5.41, 5.74) is 2.56. The van der Waals surface area contributed by atoms with Gasteiger partial charge in [-0.25, -0.2) is 19.7 Å². The van der Waals surface area contributed by atoms with Crippen LogP contribution >= 0.6 is 11.3 Å². The highest BCUT2D eigenvalue weighted by Gasteiger charge is 2.29. The Hall–Kier alpha value is -2.80. The maximum absolute atomic E-state index is 12.9. The molecule has 0 aliphatic carbocycles. The molecule has 1 aromatic carbocycles. The van der Waals surface area contributed by atoms with Crippen molar-refractivity contribution < 1.29 is 4.79 Å². The second kappa shape index (κ2) is 7.84. The molecule has 0 radical (unpaired) electrons. The zero-order valence-corrected chi connectivity index (χ0v) is 15.9. The fourth-order valence-corrected chi connectivity index (χ4v) is 4.18. The summed E-state index contributed by atoms with van der Waals surface area (Å²) >= 11 is 1.61. The Balaban J connectivity index is 1.53. The van der Waals surface area contributed by atoms with Gasteiger partial charge >= 0.3 is 6.03 Å². The van der Waals surface area contributed by atoms with E-state index in [2.05, 4.69) is 20.3 Å². The van der Waals surface area contributed by atoms with Crippen molar-refractivity contribution in [2.75, 3.05) is 11.9 Å². The standard InChI is InChI=1S/C20H21N5OS/c1-14-21-9-8-17(23-14)15-5-4-6-16(13-15)24-20(26)25-11-3-2-7-18(25)19-22-10-12-27-19/h4-6,8-10,12-13,18H,2-3,7,11H2,1H3,(H,24,26)/t18-/m1/s1. The fourth-order valence-electron chi connectivity index (χ4n) is 3.40. The first-order valence-corrected chi connectivity index (χ1v) is 9.96. The van der Waals surface area contributed by atoms with E-state index >= 15 is 0 Å². The Labute approximate surface area is 162 Å². The van der Waals surface area contributed by atoms with Crippen LogP contribution in [0.3, 0.4) is 0 Å². The number of carbonyl (C=O) groups is 1. The SMILES string of the molecule is Cc1nccc(-c2cccc(NC(=O)N3CCCC[C@@H]3c3nccs3)c2)n1. The number of rotatable bonds is 3. The van der Waals surface area contributed by atoms with Gasteiger partial charge in [-0.2, -0.15) is 0 Å². The van der Waals surface area contributed by atoms with Gasteiger partial charge in [0.05, 0.1) is 11.7 Å². The number of thiazole rings is 1. The van der Waals surface area contributed by atoms with Gasteiger partial charge in [0.2, 0.25) is 0 Å². The summed E-state index contributed by atoms with van der Waals surface area (Å²) in [5.74, 6) is 0.724. The van der Waals surface area contributed by atoms with E-state index in [9.17, 15) is 4.79 Å². The van der Waals surface area contributed by atoms with E-state index in [1.165, 1.54) is 0 Å². The van der Waals surface area contributed by atoms with Crippen LogP contribution in [0.5, 0.6) is 0 Å². The molecule has 3 heterocycles. The number of amides is 2. The van der Waals surface area contributed by atoms with Gasteiger partial charge < -0.3 is 10.2 Å². The van der Waals surface area contributed by atoms with E-state index in [0.29, 0.717) is 0 Å². The van der Waals surface area contributed by atoms with Gasteiger partial charge in [-0.1, -0.05) is 12.1 Å². The number of hydrogen-bond donors (Lipinski definition) is 1. The molecule has 1 aliphatic rings. The molecule has 4 rings (SSSR count). The molecule has 1 N–H and O–H groups in total. The van der Waals surface area contributed by atoms with Gasteiger partial charge in [0.25, 0.3) is 0 Å². The van der Waals surface area contributed by atoms with Gasteiger partial charge in [-0.05, 0) is 44.4 Å². The summed E-state index contributed by atoms with van der Waals surface area (Å²) in [6.45, 7) is 2.62. The highest BCUT2D eigenvalue weighted by atomic mass is 32.1. The van der Waals surface area contributed by atoms with Crippen LogP contribution in [-0.2, 0) is 0 Å². The summed E-state index contributed by atoms with van der Waals surface area (Å²) in [6.07, 6.45) is 6.65. The summed E-state index contributed by atoms with van der Waals surface area (Å²) < 4.78 is 0. The van der Waals surface area contributed by atoms with Gasteiger partial charge in [-0.15, -0.1) is 11.3 Å². The molecule has 1 atom stereocenters. The zero-order valence-electron chi connectivity index (χ0n) is 15.1. The van der Waals surface area contributed by atoms with Crippen LogP contribution in [-0.4, -0.2) is 32.4 Å². The highest BCUT2D eigenvalue weighted by molar-refractivity contribution is 7.09. The topological polar surface area (TPSA) is 71.0 Å². The Bertz CT molecular complexity index is 928. The largest absolute Gasteiger partial charge is 0.322 e. The average Bonchev–Trinajstić information content (AvgIpc) is 3.23. The second-order valence-electron chi connectivity index (χ2n) is 6.58. The van der Waals surface area contributed by atoms with E-state index in [0.717, 1.165) is 53.6 Å². The van der Waals surface area contributed by atoms with Crippen molar-refractivity contribution in [1.29, 1.82) is 0 Å². The molecule has 1 fully saturated rings. The summed E-state index contributed by atoms with van der Waals surface area (Å²) in [4.78, 5) is 27.9. The van der Waals surface area contributed by atoms with E-state index in [-0.39, 0.29) is 12.1 Å². The minimum atomic E-state index is -0.0779. The number of aryl methyl sites for hydroxylation is 1. The third-order valence-electron chi connectivity index (χ3n) is 4.69. The lowest BCUT2D eigenvalue weighted by atomic mass is 10.0. The maximum atomic E-state index is 12.9. The molecular formula is C20H21N5OS. The minimum absolute atomic E-state index is 0.0615. The van der Waals surface area contributed by atoms with Crippen molar-refractivity contribution in [3.05, 3.63) is 58.9 Å². The number of piperidine rings is 1. The van der Waals surface area contributed by atoms with Crippen molar-refractivity contribution in [3.8, 4) is 11.3 Å². The van der Waals surface area contributed by atoms with Crippen LogP contribution in [0.1, 0.15) is 36.1 Å². The molecule has 0 saturated carbocycles. The molecule has 27 heavy (non-hydrogen) atoms. The first kappa shape index (κ1) is 17.6. The number of likely N-dealkylation sites (tertiary alicyclic amines) is 1. The van der Waals surface area contributed by atoms with Crippen LogP contribution in [0, 0.1) is 6.92 Å². The van der Waals surface area contributed by atoms with E-state index in [1.807, 2.05) is 47.5 Å². The lowest BCUT2D eigenvalue weighted by Gasteiger charge is -2.34. The average molecular weight is 379 g/mol. The van der Waals surface area contributed by atoms with Gasteiger partial charge in [0.15, 0.2) is 0 Å². The predicted octanol–water partition coefficient (Wildman–Crippen LogP) is 4.67. The Morgan fingerprint density at radius 2 is 2.15 bits per heavy atom. The minimum Gasteiger partial charge on any atom is -0.315 e. The normalized spacial score (nSPS) is 16.9. The Morgan fingerprint density at radius 3 is 2.96 bits per heavy atom. The van der Waals surface area contributed by atoms with Crippen molar-refractivity contribution in [2.24, 2.45) is 0 Å². The van der Waals surface area contributed by atoms with Crippen molar-refractivity contribution in [1.82, 2.24) is 19.9 Å². The van der Waals surface area contributed by atoms with Gasteiger partial charge in [-0.3, -0.25) is 0 Å². The quantitative estimate of drug-likeness (QED) is 0.718. The van der Waals surface area contributed by atoms with Crippen LogP contribution in [0.4, 0.5) is 10.5 Å². The Morgan fingerprint density at radius 1 is 1.22 bits per heavy atom. The number of urea groups is 1. The molecule has 1 saturated heterocycles. The highest BCUT2D eigenvalue weighted by Crippen LogP contribution is 2.32. The van der Waals surface area contributed by atoms with Crippen molar-refractivity contribution in [3.63, 3.8) is 0 Å². The summed E-state index contributed by atoms with van der Waals surface area (Å²) in [7, 11) is 0. The van der Waals surface area contributed by atoms with Crippen molar-refractivity contribution >= 4 is 23.1 Å². The number of benzene rings is 1. The first-order chi connectivity index (χ1) is 13.2. The lowest BCUT2D eigenvalue weighted by molar-refractivity contribution is 0.163. The number of aromatic nitrogens is 3. The van der Waals surface area contributed by atoms with E-state index in [4.69, 9.17) is 0 Å². The number of nitrogens with zero attached hydrogens (tertiary/aromatic N) is 4. The second-order valence-corrected chi connectivity index (χ2v) is 7.50. The Kier molecular flexibility index (Phi) is 5.11. The van der Waals surface area contributed by atoms with Crippen molar-refractivity contribution in [2.45, 2.75) is 32.2 Å². The van der Waals surface area contributed by atoms with Crippen LogP contribution in [0.2, 0.25) is 0 Å². The van der Waals surface area contributed by atoms with E-state index < -0.39 is 0 Å². The molecule has 6 nitrogen and oxygen atoms in total. The van der Waals surface area contributed by atoms with Crippen LogP contribution < -0.4 is 5.32 Å². The monoisotopic (exact) mass is 379 g/mol. The molecule has 0 spiro atoms. The summed E-state index contributed by atoms with van der Waals surface area (Å²) in [6, 6.07) is 9.61. The molecule has 2 aromatic heterocycles. The maximum Gasteiger partial charge on any atom is 0.322 e. The molecule has 138 valence electrons. The molecule has 0 unspecified atom stereocenters. The number of carbonyl (C=O) groups excluding carboxylic acids is 1. The number of hydrogen-bond acceptors (Lipinski definition) is 5. The van der Waals surface area contributed by atoms with E-state index in [1.54, 1.807) is 23.7 Å². The molecule has 3 aromatic rings. The number of nitrogens with one attached hydrogen (secondary N) is 1. The van der Waals surface area contributed by atoms with Gasteiger partial charge in [0.1, 0.15) is 10.8 Å². The fraction of sp³-hybridized carbons (Fsp3) is 0.300. The summed E-state index contributed by atoms with van der Waals surface area (Å²) in [5, 5.41) is 6.02. The van der Waals surface area contributed by atoms with Gasteiger partial charge in [0, 0.05) is 35.6 Å². The predicted molar refractivity (Wildman–Crippen MR) is 107 cm³/mol. The molecule has 1 aliphatic heterocycles. The zero-order chi connectivity index (χ0) is 18.6. The molecule has 2 amide bonds. The van der Waals surface area contributed by atoms with Crippen LogP contribution in [0.15, 0.2) is 48.1 Å². The smallest absolute Gasteiger partial charge is 0.315 e. The lowest BCUT2D eigenvalue weighted by Crippen LogP contribution is -2.41. The third kappa shape index (κ3) is 3.98. The van der Waals surface area contributed by atoms with Crippen LogP contribution in [0.25, 0.3) is 11.3 Å². The molecular weight excluding hydrogens is 358 g/mol. The molecule has 7 heteroatoms.